The number of para-hydroxylation sites is 2. The van der Waals surface area contributed by atoms with E-state index < -0.39 is 11.9 Å². The molecule has 0 saturated carbocycles. The van der Waals surface area contributed by atoms with Crippen LogP contribution in [0.5, 0.6) is 0 Å². The summed E-state index contributed by atoms with van der Waals surface area (Å²) in [7, 11) is 1.28. The predicted molar refractivity (Wildman–Crippen MR) is 87.1 cm³/mol. The van der Waals surface area contributed by atoms with Gasteiger partial charge in [-0.25, -0.2) is 9.48 Å². The molecule has 1 heterocycles. The molecule has 24 heavy (non-hydrogen) atoms. The number of rotatable bonds is 4. The van der Waals surface area contributed by atoms with Crippen LogP contribution in [-0.2, 0) is 4.74 Å². The van der Waals surface area contributed by atoms with Crippen molar-refractivity contribution < 1.29 is 14.3 Å². The number of ether oxygens (including phenoxy) is 1. The second-order valence-electron chi connectivity index (χ2n) is 4.88. The molecule has 0 fully saturated rings. The maximum Gasteiger partial charge on any atom is 0.339 e. The number of nitrogens with zero attached hydrogens (tertiary/aromatic N) is 3. The fourth-order valence-electron chi connectivity index (χ4n) is 2.14. The highest BCUT2D eigenvalue weighted by Crippen LogP contribution is 2.17. The van der Waals surface area contributed by atoms with Crippen molar-refractivity contribution in [3.8, 4) is 5.69 Å². The van der Waals surface area contributed by atoms with Gasteiger partial charge in [0.05, 0.1) is 30.2 Å². The third-order valence-corrected chi connectivity index (χ3v) is 3.33. The van der Waals surface area contributed by atoms with Crippen LogP contribution in [0.25, 0.3) is 5.69 Å². The highest BCUT2D eigenvalue weighted by molar-refractivity contribution is 6.06. The number of esters is 1. The number of carbonyl (C=O) groups is 2. The molecule has 1 aromatic heterocycles. The molecule has 0 bridgehead atoms. The molecular weight excluding hydrogens is 308 g/mol. The zero-order chi connectivity index (χ0) is 16.9. The Balaban J connectivity index is 1.82. The lowest BCUT2D eigenvalue weighted by atomic mass is 10.2. The number of hydrogen-bond donors (Lipinski definition) is 1. The molecule has 3 aromatic rings. The third kappa shape index (κ3) is 3.14. The van der Waals surface area contributed by atoms with Gasteiger partial charge >= 0.3 is 5.97 Å². The van der Waals surface area contributed by atoms with E-state index in [9.17, 15) is 9.59 Å². The Morgan fingerprint density at radius 1 is 1.04 bits per heavy atom. The Labute approximate surface area is 137 Å². The van der Waals surface area contributed by atoms with E-state index in [2.05, 4.69) is 15.6 Å². The summed E-state index contributed by atoms with van der Waals surface area (Å²) in [5.74, 6) is -0.993. The molecule has 3 rings (SSSR count). The Morgan fingerprint density at radius 2 is 1.75 bits per heavy atom. The zero-order valence-corrected chi connectivity index (χ0v) is 12.8. The number of anilines is 1. The van der Waals surface area contributed by atoms with E-state index in [-0.39, 0.29) is 11.3 Å². The summed E-state index contributed by atoms with van der Waals surface area (Å²) in [4.78, 5) is 24.1. The number of methoxy groups -OCH3 is 1. The number of benzene rings is 2. The van der Waals surface area contributed by atoms with Crippen molar-refractivity contribution in [2.75, 3.05) is 12.4 Å². The van der Waals surface area contributed by atoms with Crippen LogP contribution in [0.4, 0.5) is 5.69 Å². The molecule has 7 nitrogen and oxygen atoms in total. The van der Waals surface area contributed by atoms with Gasteiger partial charge in [-0.3, -0.25) is 4.79 Å². The predicted octanol–water partition coefficient (Wildman–Crippen LogP) is 2.31. The fraction of sp³-hybridized carbons (Fsp3) is 0.0588. The summed E-state index contributed by atoms with van der Waals surface area (Å²) in [6.45, 7) is 0. The van der Waals surface area contributed by atoms with Gasteiger partial charge in [0.25, 0.3) is 5.91 Å². The van der Waals surface area contributed by atoms with Gasteiger partial charge in [-0.1, -0.05) is 35.5 Å². The summed E-state index contributed by atoms with van der Waals surface area (Å²) in [6.07, 6.45) is 1.52. The highest BCUT2D eigenvalue weighted by Gasteiger charge is 2.16. The normalized spacial score (nSPS) is 10.2. The molecule has 2 aromatic carbocycles. The molecule has 0 radical (unpaired) electrons. The summed E-state index contributed by atoms with van der Waals surface area (Å²) >= 11 is 0. The van der Waals surface area contributed by atoms with Crippen LogP contribution in [0.15, 0.2) is 60.8 Å². The fourth-order valence-corrected chi connectivity index (χ4v) is 2.14. The summed E-state index contributed by atoms with van der Waals surface area (Å²) < 4.78 is 6.20. The van der Waals surface area contributed by atoms with E-state index in [4.69, 9.17) is 4.74 Å². The Morgan fingerprint density at radius 3 is 2.50 bits per heavy atom. The molecule has 0 aliphatic heterocycles. The van der Waals surface area contributed by atoms with Crippen molar-refractivity contribution in [3.05, 3.63) is 72.1 Å². The molecule has 0 unspecified atom stereocenters. The van der Waals surface area contributed by atoms with Gasteiger partial charge in [0.15, 0.2) is 5.69 Å². The second kappa shape index (κ2) is 6.74. The maximum atomic E-state index is 12.3. The molecule has 120 valence electrons. The van der Waals surface area contributed by atoms with Crippen molar-refractivity contribution in [2.24, 2.45) is 0 Å². The second-order valence-corrected chi connectivity index (χ2v) is 4.88. The van der Waals surface area contributed by atoms with E-state index in [1.165, 1.54) is 18.0 Å². The monoisotopic (exact) mass is 322 g/mol. The summed E-state index contributed by atoms with van der Waals surface area (Å²) in [5.41, 5.74) is 1.55. The lowest BCUT2D eigenvalue weighted by molar-refractivity contribution is 0.0602. The van der Waals surface area contributed by atoms with Crippen LogP contribution in [0.2, 0.25) is 0 Å². The first-order valence-electron chi connectivity index (χ1n) is 7.15. The maximum absolute atomic E-state index is 12.3. The van der Waals surface area contributed by atoms with Crippen molar-refractivity contribution in [1.82, 2.24) is 15.0 Å². The van der Waals surface area contributed by atoms with Gasteiger partial charge in [-0.15, -0.1) is 5.10 Å². The minimum atomic E-state index is -0.529. The number of hydrogen-bond acceptors (Lipinski definition) is 5. The Kier molecular flexibility index (Phi) is 4.33. The molecule has 0 aliphatic carbocycles. The number of amides is 1. The first-order chi connectivity index (χ1) is 11.7. The summed E-state index contributed by atoms with van der Waals surface area (Å²) in [5, 5.41) is 10.5. The zero-order valence-electron chi connectivity index (χ0n) is 12.8. The summed E-state index contributed by atoms with van der Waals surface area (Å²) in [6, 6.07) is 15.9. The van der Waals surface area contributed by atoms with Crippen molar-refractivity contribution in [1.29, 1.82) is 0 Å². The molecule has 1 amide bonds. The van der Waals surface area contributed by atoms with Gasteiger partial charge in [-0.2, -0.15) is 0 Å². The molecule has 1 N–H and O–H groups in total. The highest BCUT2D eigenvalue weighted by atomic mass is 16.5. The van der Waals surface area contributed by atoms with E-state index in [1.54, 1.807) is 24.3 Å². The molecule has 0 aliphatic rings. The van der Waals surface area contributed by atoms with Crippen molar-refractivity contribution in [3.63, 3.8) is 0 Å². The topological polar surface area (TPSA) is 86.1 Å². The van der Waals surface area contributed by atoms with E-state index in [1.807, 2.05) is 30.3 Å². The van der Waals surface area contributed by atoms with Crippen LogP contribution in [0.3, 0.4) is 0 Å². The minimum Gasteiger partial charge on any atom is -0.465 e. The van der Waals surface area contributed by atoms with Gasteiger partial charge in [-0.05, 0) is 24.3 Å². The van der Waals surface area contributed by atoms with Crippen molar-refractivity contribution >= 4 is 17.6 Å². The van der Waals surface area contributed by atoms with Gasteiger partial charge in [0.1, 0.15) is 0 Å². The number of nitrogens with one attached hydrogen (secondary N) is 1. The molecule has 7 heteroatoms. The first kappa shape index (κ1) is 15.4. The molecule has 0 atom stereocenters. The quantitative estimate of drug-likeness (QED) is 0.745. The lowest BCUT2D eigenvalue weighted by Gasteiger charge is -2.08. The largest absolute Gasteiger partial charge is 0.465 e. The standard InChI is InChI=1S/C17H14N4O3/c1-24-17(23)13-9-5-6-10-14(13)18-16(22)15-11-21(20-19-15)12-7-3-2-4-8-12/h2-11H,1H3,(H,18,22). The van der Waals surface area contributed by atoms with Gasteiger partial charge in [0, 0.05) is 0 Å². The van der Waals surface area contributed by atoms with Gasteiger partial charge in [0.2, 0.25) is 0 Å². The van der Waals surface area contributed by atoms with Crippen LogP contribution in [0, 0.1) is 0 Å². The van der Waals surface area contributed by atoms with Crippen LogP contribution in [0.1, 0.15) is 20.8 Å². The smallest absolute Gasteiger partial charge is 0.339 e. The van der Waals surface area contributed by atoms with E-state index in [0.717, 1.165) is 5.69 Å². The number of carbonyl (C=O) groups excluding carboxylic acids is 2. The lowest BCUT2D eigenvalue weighted by Crippen LogP contribution is -2.15. The minimum absolute atomic E-state index is 0.138. The van der Waals surface area contributed by atoms with Crippen LogP contribution < -0.4 is 5.32 Å². The molecule has 0 spiro atoms. The van der Waals surface area contributed by atoms with Crippen molar-refractivity contribution in [2.45, 2.75) is 0 Å². The van der Waals surface area contributed by atoms with Crippen LogP contribution in [-0.4, -0.2) is 34.0 Å². The third-order valence-electron chi connectivity index (χ3n) is 3.33. The van der Waals surface area contributed by atoms with Crippen LogP contribution >= 0.6 is 0 Å². The first-order valence-corrected chi connectivity index (χ1v) is 7.15. The Hall–Kier alpha value is -3.48. The number of aromatic nitrogens is 3. The molecular formula is C17H14N4O3. The average Bonchev–Trinajstić information content (AvgIpc) is 3.12. The van der Waals surface area contributed by atoms with E-state index >= 15 is 0 Å². The SMILES string of the molecule is COC(=O)c1ccccc1NC(=O)c1cn(-c2ccccc2)nn1. The molecule has 0 saturated heterocycles. The van der Waals surface area contributed by atoms with Gasteiger partial charge < -0.3 is 10.1 Å². The Bertz CT molecular complexity index is 874. The average molecular weight is 322 g/mol. The van der Waals surface area contributed by atoms with E-state index in [0.29, 0.717) is 5.69 Å².